The van der Waals surface area contributed by atoms with Crippen LogP contribution in [-0.2, 0) is 9.53 Å². The Morgan fingerprint density at radius 3 is 2.52 bits per heavy atom. The van der Waals surface area contributed by atoms with Crippen molar-refractivity contribution in [3.8, 4) is 11.1 Å². The molecule has 1 aromatic heterocycles. The molecular weight excluding hydrogens is 380 g/mol. The van der Waals surface area contributed by atoms with E-state index in [1.165, 1.54) is 11.3 Å². The highest BCUT2D eigenvalue weighted by atomic mass is 32.1. The fraction of sp³-hybridized carbons (Fsp3) is 0.350. The Labute approximate surface area is 169 Å². The van der Waals surface area contributed by atoms with Gasteiger partial charge in [-0.05, 0) is 38.0 Å². The van der Waals surface area contributed by atoms with Crippen molar-refractivity contribution in [1.82, 2.24) is 5.32 Å². The lowest BCUT2D eigenvalue weighted by atomic mass is 10.0. The molecule has 0 aliphatic heterocycles. The molecule has 0 spiro atoms. The molecular formula is C20H24N2O3S2. The number of hydrogen-bond acceptors (Lipinski definition) is 5. The standard InChI is InChI=1S/C20H24N2O3S2/c1-4-6-12-15(23)21-20(26)22-18-17(19(24)25-5-2)16(13(3)27-18)14-10-8-7-9-11-14/h7-11H,4-6,12H2,1-3H3,(H2,21,22,23,26). The van der Waals surface area contributed by atoms with Crippen LogP contribution in [0.5, 0.6) is 0 Å². The summed E-state index contributed by atoms with van der Waals surface area (Å²) in [4.78, 5) is 25.5. The highest BCUT2D eigenvalue weighted by Gasteiger charge is 2.25. The van der Waals surface area contributed by atoms with Crippen LogP contribution >= 0.6 is 23.6 Å². The van der Waals surface area contributed by atoms with Gasteiger partial charge < -0.3 is 15.4 Å². The predicted molar refractivity (Wildman–Crippen MR) is 114 cm³/mol. The predicted octanol–water partition coefficient (Wildman–Crippen LogP) is 4.90. The van der Waals surface area contributed by atoms with Gasteiger partial charge in [-0.1, -0.05) is 43.7 Å². The average molecular weight is 405 g/mol. The molecule has 0 saturated carbocycles. The number of anilines is 1. The number of unbranched alkanes of at least 4 members (excludes halogenated alkanes) is 1. The van der Waals surface area contributed by atoms with Crippen LogP contribution < -0.4 is 10.6 Å². The van der Waals surface area contributed by atoms with E-state index in [1.54, 1.807) is 6.92 Å². The van der Waals surface area contributed by atoms with Crippen LogP contribution in [-0.4, -0.2) is 23.6 Å². The van der Waals surface area contributed by atoms with Gasteiger partial charge in [0.1, 0.15) is 10.6 Å². The Morgan fingerprint density at radius 1 is 1.19 bits per heavy atom. The molecule has 0 unspecified atom stereocenters. The van der Waals surface area contributed by atoms with Gasteiger partial charge in [0.15, 0.2) is 5.11 Å². The molecule has 0 atom stereocenters. The lowest BCUT2D eigenvalue weighted by Gasteiger charge is -2.11. The number of amides is 1. The third kappa shape index (κ3) is 5.61. The van der Waals surface area contributed by atoms with Gasteiger partial charge in [0.25, 0.3) is 0 Å². The van der Waals surface area contributed by atoms with E-state index in [1.807, 2.05) is 44.2 Å². The topological polar surface area (TPSA) is 67.4 Å². The van der Waals surface area contributed by atoms with E-state index < -0.39 is 5.97 Å². The third-order valence-corrected chi connectivity index (χ3v) is 5.09. The van der Waals surface area contributed by atoms with Crippen LogP contribution in [0.1, 0.15) is 48.3 Å². The average Bonchev–Trinajstić information content (AvgIpc) is 2.96. The van der Waals surface area contributed by atoms with Crippen LogP contribution in [0.25, 0.3) is 11.1 Å². The zero-order valence-corrected chi connectivity index (χ0v) is 17.4. The van der Waals surface area contributed by atoms with Gasteiger partial charge >= 0.3 is 5.97 Å². The molecule has 0 radical (unpaired) electrons. The van der Waals surface area contributed by atoms with Crippen molar-refractivity contribution in [2.45, 2.75) is 40.0 Å². The molecule has 1 aromatic carbocycles. The summed E-state index contributed by atoms with van der Waals surface area (Å²) in [5, 5.41) is 6.43. The summed E-state index contributed by atoms with van der Waals surface area (Å²) in [6.45, 7) is 6.02. The normalized spacial score (nSPS) is 10.3. The Hall–Kier alpha value is -2.25. The second-order valence-corrected chi connectivity index (χ2v) is 7.56. The highest BCUT2D eigenvalue weighted by molar-refractivity contribution is 7.80. The van der Waals surface area contributed by atoms with Crippen molar-refractivity contribution < 1.29 is 14.3 Å². The summed E-state index contributed by atoms with van der Waals surface area (Å²) in [5.74, 6) is -0.549. The maximum atomic E-state index is 12.6. The first kappa shape index (κ1) is 21.1. The molecule has 5 nitrogen and oxygen atoms in total. The third-order valence-electron chi connectivity index (χ3n) is 3.86. The van der Waals surface area contributed by atoms with E-state index in [2.05, 4.69) is 10.6 Å². The minimum atomic E-state index is -0.414. The molecule has 1 amide bonds. The largest absolute Gasteiger partial charge is 0.462 e. The highest BCUT2D eigenvalue weighted by Crippen LogP contribution is 2.40. The van der Waals surface area contributed by atoms with Crippen LogP contribution in [0.3, 0.4) is 0 Å². The Balaban J connectivity index is 2.32. The monoisotopic (exact) mass is 404 g/mol. The first-order valence-corrected chi connectivity index (χ1v) is 10.2. The molecule has 2 N–H and O–H groups in total. The summed E-state index contributed by atoms with van der Waals surface area (Å²) in [6, 6.07) is 9.67. The number of nitrogens with one attached hydrogen (secondary N) is 2. The quantitative estimate of drug-likeness (QED) is 0.507. The van der Waals surface area contributed by atoms with Crippen molar-refractivity contribution in [2.75, 3.05) is 11.9 Å². The molecule has 2 rings (SSSR count). The Morgan fingerprint density at radius 2 is 1.89 bits per heavy atom. The molecule has 1 heterocycles. The Bertz CT molecular complexity index is 816. The minimum absolute atomic E-state index is 0.136. The summed E-state index contributed by atoms with van der Waals surface area (Å²) < 4.78 is 5.26. The molecule has 0 saturated heterocycles. The summed E-state index contributed by atoms with van der Waals surface area (Å²) in [6.07, 6.45) is 2.16. The molecule has 0 aliphatic rings. The molecule has 27 heavy (non-hydrogen) atoms. The van der Waals surface area contributed by atoms with Gasteiger partial charge in [0, 0.05) is 16.9 Å². The molecule has 7 heteroatoms. The lowest BCUT2D eigenvalue weighted by molar-refractivity contribution is -0.119. The van der Waals surface area contributed by atoms with Crippen LogP contribution in [0.2, 0.25) is 0 Å². The van der Waals surface area contributed by atoms with Crippen molar-refractivity contribution in [2.24, 2.45) is 0 Å². The minimum Gasteiger partial charge on any atom is -0.462 e. The van der Waals surface area contributed by atoms with Gasteiger partial charge in [-0.3, -0.25) is 4.79 Å². The summed E-state index contributed by atoms with van der Waals surface area (Å²) in [7, 11) is 0. The summed E-state index contributed by atoms with van der Waals surface area (Å²) >= 11 is 6.67. The van der Waals surface area contributed by atoms with Crippen molar-refractivity contribution >= 4 is 45.5 Å². The number of hydrogen-bond donors (Lipinski definition) is 2. The van der Waals surface area contributed by atoms with Crippen molar-refractivity contribution in [3.63, 3.8) is 0 Å². The van der Waals surface area contributed by atoms with Gasteiger partial charge in [-0.2, -0.15) is 0 Å². The maximum absolute atomic E-state index is 12.6. The SMILES string of the molecule is CCCCC(=O)NC(=S)Nc1sc(C)c(-c2ccccc2)c1C(=O)OCC. The number of carbonyl (C=O) groups excluding carboxylic acids is 2. The van der Waals surface area contributed by atoms with E-state index >= 15 is 0 Å². The number of thiophene rings is 1. The zero-order valence-electron chi connectivity index (χ0n) is 15.8. The smallest absolute Gasteiger partial charge is 0.341 e. The first-order chi connectivity index (χ1) is 13.0. The number of carbonyl (C=O) groups is 2. The van der Waals surface area contributed by atoms with E-state index in [4.69, 9.17) is 17.0 Å². The molecule has 0 fully saturated rings. The molecule has 144 valence electrons. The number of benzene rings is 1. The number of rotatable bonds is 7. The van der Waals surface area contributed by atoms with Gasteiger partial charge in [0.05, 0.1) is 6.61 Å². The van der Waals surface area contributed by atoms with E-state index in [9.17, 15) is 9.59 Å². The van der Waals surface area contributed by atoms with E-state index in [0.29, 0.717) is 17.0 Å². The van der Waals surface area contributed by atoms with Gasteiger partial charge in [0.2, 0.25) is 5.91 Å². The van der Waals surface area contributed by atoms with Crippen LogP contribution in [0, 0.1) is 6.92 Å². The van der Waals surface area contributed by atoms with Crippen molar-refractivity contribution in [3.05, 3.63) is 40.8 Å². The number of ether oxygens (including phenoxy) is 1. The van der Waals surface area contributed by atoms with Crippen LogP contribution in [0.4, 0.5) is 5.00 Å². The maximum Gasteiger partial charge on any atom is 0.341 e. The second-order valence-electron chi connectivity index (χ2n) is 5.93. The molecule has 0 aliphatic carbocycles. The molecule has 2 aromatic rings. The molecule has 0 bridgehead atoms. The zero-order chi connectivity index (χ0) is 19.8. The van der Waals surface area contributed by atoms with Crippen molar-refractivity contribution in [1.29, 1.82) is 0 Å². The van der Waals surface area contributed by atoms with Gasteiger partial charge in [-0.25, -0.2) is 4.79 Å². The fourth-order valence-corrected chi connectivity index (χ4v) is 3.99. The summed E-state index contributed by atoms with van der Waals surface area (Å²) in [5.41, 5.74) is 2.19. The number of aryl methyl sites for hydroxylation is 1. The number of thiocarbonyl (C=S) groups is 1. The van der Waals surface area contributed by atoms with Crippen LogP contribution in [0.15, 0.2) is 30.3 Å². The lowest BCUT2D eigenvalue weighted by Crippen LogP contribution is -2.34. The van der Waals surface area contributed by atoms with E-state index in [-0.39, 0.29) is 17.6 Å². The first-order valence-electron chi connectivity index (χ1n) is 8.94. The van der Waals surface area contributed by atoms with Gasteiger partial charge in [-0.15, -0.1) is 11.3 Å². The number of esters is 1. The second kappa shape index (κ2) is 10.2. The fourth-order valence-electron chi connectivity index (χ4n) is 2.64. The van der Waals surface area contributed by atoms with E-state index in [0.717, 1.165) is 28.8 Å². The Kier molecular flexibility index (Phi) is 7.94.